The summed E-state index contributed by atoms with van der Waals surface area (Å²) in [5, 5.41) is 26.0. The van der Waals surface area contributed by atoms with Crippen LogP contribution in [-0.4, -0.2) is 45.6 Å². The molecule has 180 valence electrons. The molecule has 36 heavy (non-hydrogen) atoms. The van der Waals surface area contributed by atoms with E-state index in [1.807, 2.05) is 30.3 Å². The first-order valence-corrected chi connectivity index (χ1v) is 11.3. The fourth-order valence-electron chi connectivity index (χ4n) is 3.47. The number of hydrogen-bond donors (Lipinski definition) is 1. The number of nitro groups is 1. The van der Waals surface area contributed by atoms with E-state index in [0.29, 0.717) is 27.9 Å². The lowest BCUT2D eigenvalue weighted by Crippen LogP contribution is -2.35. The maximum Gasteiger partial charge on any atom is 0.283 e. The quantitative estimate of drug-likeness (QED) is 0.281. The molecule has 1 amide bonds. The molecule has 5 rings (SSSR count). The summed E-state index contributed by atoms with van der Waals surface area (Å²) in [6.45, 7) is 0.170. The van der Waals surface area contributed by atoms with E-state index in [1.165, 1.54) is 48.2 Å². The van der Waals surface area contributed by atoms with Gasteiger partial charge in [-0.25, -0.2) is 0 Å². The second-order valence-electron chi connectivity index (χ2n) is 7.46. The molecule has 1 aromatic heterocycles. The molecule has 2 aliphatic heterocycles. The molecular formula is C24H17N5O6S. The normalized spacial score (nSPS) is 16.0. The Morgan fingerprint density at radius 3 is 2.75 bits per heavy atom. The van der Waals surface area contributed by atoms with E-state index in [9.17, 15) is 14.9 Å². The van der Waals surface area contributed by atoms with Crippen molar-refractivity contribution >= 4 is 45.5 Å². The fourth-order valence-corrected chi connectivity index (χ4v) is 4.26. The number of thioether (sulfide) groups is 1. The van der Waals surface area contributed by atoms with Gasteiger partial charge in [0.05, 0.1) is 29.2 Å². The topological polar surface area (TPSA) is 144 Å². The van der Waals surface area contributed by atoms with Crippen molar-refractivity contribution in [3.05, 3.63) is 82.1 Å². The van der Waals surface area contributed by atoms with Crippen LogP contribution in [0.1, 0.15) is 5.76 Å². The van der Waals surface area contributed by atoms with E-state index >= 15 is 0 Å². The maximum absolute atomic E-state index is 12.7. The molecule has 1 N–H and O–H groups in total. The zero-order chi connectivity index (χ0) is 25.2. The van der Waals surface area contributed by atoms with Gasteiger partial charge in [0.2, 0.25) is 5.17 Å². The molecule has 0 spiro atoms. The lowest BCUT2D eigenvalue weighted by molar-refractivity contribution is -0.384. The van der Waals surface area contributed by atoms with Crippen LogP contribution in [-0.2, 0) is 4.79 Å². The molecule has 0 fully saturated rings. The minimum atomic E-state index is -0.593. The number of non-ortho nitro benzene ring substituents is 1. The van der Waals surface area contributed by atoms with E-state index in [-0.39, 0.29) is 34.6 Å². The highest BCUT2D eigenvalue weighted by Gasteiger charge is 2.36. The Kier molecular flexibility index (Phi) is 6.09. The van der Waals surface area contributed by atoms with Gasteiger partial charge in [0, 0.05) is 6.07 Å². The highest BCUT2D eigenvalue weighted by Crippen LogP contribution is 2.35. The number of amidine groups is 2. The van der Waals surface area contributed by atoms with Crippen LogP contribution in [0.5, 0.6) is 11.5 Å². The van der Waals surface area contributed by atoms with Crippen LogP contribution in [0.3, 0.4) is 0 Å². The predicted molar refractivity (Wildman–Crippen MR) is 134 cm³/mol. The first-order valence-electron chi connectivity index (χ1n) is 10.5. The molecule has 0 saturated carbocycles. The number of rotatable bonds is 7. The molecule has 3 aromatic rings. The number of para-hydroxylation sites is 1. The summed E-state index contributed by atoms with van der Waals surface area (Å²) in [7, 11) is 1.40. The minimum absolute atomic E-state index is 0.00453. The third kappa shape index (κ3) is 4.49. The van der Waals surface area contributed by atoms with E-state index in [2.05, 4.69) is 10.1 Å². The SMILES string of the molecule is COc1cc([N+](=O)[O-])ccc1-c1ccc(/C=C2/C(=N)N3N=C(COc4ccccc4)SC3=NC2=O)o1. The Labute approximate surface area is 208 Å². The maximum atomic E-state index is 12.7. The first-order chi connectivity index (χ1) is 17.4. The number of nitro benzene ring substituents is 1. The van der Waals surface area contributed by atoms with Crippen molar-refractivity contribution in [2.45, 2.75) is 0 Å². The predicted octanol–water partition coefficient (Wildman–Crippen LogP) is 4.56. The highest BCUT2D eigenvalue weighted by atomic mass is 32.2. The van der Waals surface area contributed by atoms with Crippen molar-refractivity contribution in [3.8, 4) is 22.8 Å². The number of nitrogens with one attached hydrogen (secondary N) is 1. The van der Waals surface area contributed by atoms with Crippen LogP contribution in [0.15, 0.2) is 80.7 Å². The van der Waals surface area contributed by atoms with E-state index in [0.717, 1.165) is 0 Å². The lowest BCUT2D eigenvalue weighted by Gasteiger charge is -2.19. The number of aliphatic imine (C=N–C) groups is 1. The van der Waals surface area contributed by atoms with E-state index < -0.39 is 10.8 Å². The van der Waals surface area contributed by atoms with Gasteiger partial charge in [0.25, 0.3) is 11.6 Å². The first kappa shape index (κ1) is 23.1. The van der Waals surface area contributed by atoms with Gasteiger partial charge in [-0.1, -0.05) is 18.2 Å². The van der Waals surface area contributed by atoms with Crippen molar-refractivity contribution in [1.29, 1.82) is 5.41 Å². The van der Waals surface area contributed by atoms with E-state index in [4.69, 9.17) is 19.3 Å². The smallest absolute Gasteiger partial charge is 0.283 e. The number of furan rings is 1. The Morgan fingerprint density at radius 1 is 1.19 bits per heavy atom. The van der Waals surface area contributed by atoms with Crippen molar-refractivity contribution in [2.75, 3.05) is 13.7 Å². The molecular weight excluding hydrogens is 486 g/mol. The van der Waals surface area contributed by atoms with Crippen LogP contribution < -0.4 is 9.47 Å². The van der Waals surface area contributed by atoms with Gasteiger partial charge in [0.15, 0.2) is 5.84 Å². The summed E-state index contributed by atoms with van der Waals surface area (Å²) in [6, 6.07) is 16.7. The monoisotopic (exact) mass is 503 g/mol. The number of methoxy groups -OCH3 is 1. The largest absolute Gasteiger partial charge is 0.496 e. The Bertz CT molecular complexity index is 1480. The number of fused-ring (bicyclic) bond motifs is 1. The number of hydrazone groups is 1. The number of carbonyl (C=O) groups excluding carboxylic acids is 1. The Hall–Kier alpha value is -4.71. The van der Waals surface area contributed by atoms with Crippen molar-refractivity contribution in [2.24, 2.45) is 10.1 Å². The standard InChI is InChI=1S/C24H17N5O6S/c1-33-20-11-14(29(31)32)7-9-17(20)19-10-8-16(35-19)12-18-22(25)28-24(26-23(18)30)36-21(27-28)13-34-15-5-3-2-4-6-15/h2-12,25H,13H2,1H3/b18-12-,25-22?. The van der Waals surface area contributed by atoms with Crippen LogP contribution >= 0.6 is 11.8 Å². The summed E-state index contributed by atoms with van der Waals surface area (Å²) in [4.78, 5) is 27.3. The molecule has 2 aliphatic rings. The molecule has 3 heterocycles. The molecule has 12 heteroatoms. The average Bonchev–Trinajstić information content (AvgIpc) is 3.52. The minimum Gasteiger partial charge on any atom is -0.496 e. The molecule has 0 bridgehead atoms. The van der Waals surface area contributed by atoms with Gasteiger partial charge in [-0.2, -0.15) is 15.1 Å². The number of hydrogen-bond acceptors (Lipinski definition) is 9. The van der Waals surface area contributed by atoms with Crippen molar-refractivity contribution < 1.29 is 23.6 Å². The summed E-state index contributed by atoms with van der Waals surface area (Å²) >= 11 is 1.17. The molecule has 0 radical (unpaired) electrons. The van der Waals surface area contributed by atoms with Gasteiger partial charge in [-0.3, -0.25) is 20.3 Å². The van der Waals surface area contributed by atoms with Gasteiger partial charge >= 0.3 is 0 Å². The van der Waals surface area contributed by atoms with Gasteiger partial charge < -0.3 is 13.9 Å². The Morgan fingerprint density at radius 2 is 2.00 bits per heavy atom. The van der Waals surface area contributed by atoms with E-state index in [1.54, 1.807) is 12.1 Å². The van der Waals surface area contributed by atoms with Gasteiger partial charge in [0.1, 0.15) is 34.7 Å². The van der Waals surface area contributed by atoms with Crippen LogP contribution in [0.25, 0.3) is 17.4 Å². The van der Waals surface area contributed by atoms with Gasteiger partial charge in [-0.05, 0) is 48.2 Å². The molecule has 0 atom stereocenters. The van der Waals surface area contributed by atoms with Crippen LogP contribution in [0.2, 0.25) is 0 Å². The number of amides is 1. The van der Waals surface area contributed by atoms with Crippen molar-refractivity contribution in [3.63, 3.8) is 0 Å². The third-order valence-electron chi connectivity index (χ3n) is 5.18. The molecule has 0 aliphatic carbocycles. The van der Waals surface area contributed by atoms with Crippen LogP contribution in [0, 0.1) is 15.5 Å². The zero-order valence-corrected chi connectivity index (χ0v) is 19.5. The Balaban J connectivity index is 1.36. The summed E-state index contributed by atoms with van der Waals surface area (Å²) in [5.41, 5.74) is 0.392. The third-order valence-corrected chi connectivity index (χ3v) is 6.06. The zero-order valence-electron chi connectivity index (χ0n) is 18.7. The summed E-state index contributed by atoms with van der Waals surface area (Å²) in [5.74, 6) is 0.881. The highest BCUT2D eigenvalue weighted by molar-refractivity contribution is 8.27. The number of carbonyl (C=O) groups is 1. The van der Waals surface area contributed by atoms with Crippen LogP contribution in [0.4, 0.5) is 5.69 Å². The number of nitrogens with zero attached hydrogens (tertiary/aromatic N) is 4. The second kappa shape index (κ2) is 9.50. The summed E-state index contributed by atoms with van der Waals surface area (Å²) in [6.07, 6.45) is 1.41. The number of benzene rings is 2. The fraction of sp³-hybridized carbons (Fsp3) is 0.0833. The molecule has 11 nitrogen and oxygen atoms in total. The number of ether oxygens (including phenoxy) is 2. The lowest BCUT2D eigenvalue weighted by atomic mass is 10.1. The molecule has 2 aromatic carbocycles. The van der Waals surface area contributed by atoms with Gasteiger partial charge in [-0.15, -0.1) is 0 Å². The average molecular weight is 503 g/mol. The molecule has 0 unspecified atom stereocenters. The second-order valence-corrected chi connectivity index (χ2v) is 8.50. The summed E-state index contributed by atoms with van der Waals surface area (Å²) < 4.78 is 16.8. The molecule has 0 saturated heterocycles. The van der Waals surface area contributed by atoms with Crippen molar-refractivity contribution in [1.82, 2.24) is 5.01 Å².